The molecule has 0 aliphatic heterocycles. The molecule has 0 saturated heterocycles. The highest BCUT2D eigenvalue weighted by atomic mass is 28.3. The van der Waals surface area contributed by atoms with E-state index in [4.69, 9.17) is 4.74 Å². The van der Waals surface area contributed by atoms with Crippen molar-refractivity contribution in [2.24, 2.45) is 0 Å². The SMILES string of the molecule is CC(C)[Si](C(C)C)(C(C)C)n1ccc2cc(OCc3ccccc3)ccc21. The smallest absolute Gasteiger partial charge is 0.169 e. The van der Waals surface area contributed by atoms with Crippen LogP contribution in [0.3, 0.4) is 0 Å². The van der Waals surface area contributed by atoms with E-state index in [0.717, 1.165) is 5.75 Å². The lowest BCUT2D eigenvalue weighted by atomic mass is 10.2. The Bertz CT molecular complexity index is 858. The molecule has 0 saturated carbocycles. The zero-order chi connectivity index (χ0) is 19.6. The molecule has 0 aliphatic rings. The van der Waals surface area contributed by atoms with Crippen LogP contribution in [0.25, 0.3) is 10.9 Å². The first-order valence-electron chi connectivity index (χ1n) is 10.2. The molecule has 0 radical (unpaired) electrons. The molecule has 27 heavy (non-hydrogen) atoms. The van der Waals surface area contributed by atoms with Gasteiger partial charge in [-0.05, 0) is 52.6 Å². The largest absolute Gasteiger partial charge is 0.489 e. The number of hydrogen-bond donors (Lipinski definition) is 0. The molecule has 0 spiro atoms. The number of ether oxygens (including phenoxy) is 1. The van der Waals surface area contributed by atoms with Gasteiger partial charge in [-0.25, -0.2) is 0 Å². The highest BCUT2D eigenvalue weighted by Gasteiger charge is 2.45. The van der Waals surface area contributed by atoms with Crippen LogP contribution in [0.2, 0.25) is 16.6 Å². The van der Waals surface area contributed by atoms with E-state index < -0.39 is 8.24 Å². The first kappa shape index (κ1) is 19.8. The Morgan fingerprint density at radius 2 is 1.44 bits per heavy atom. The van der Waals surface area contributed by atoms with Gasteiger partial charge < -0.3 is 8.97 Å². The van der Waals surface area contributed by atoms with E-state index in [-0.39, 0.29) is 0 Å². The third-order valence-electron chi connectivity index (χ3n) is 6.10. The van der Waals surface area contributed by atoms with Crippen LogP contribution in [0.15, 0.2) is 60.8 Å². The normalized spacial score (nSPS) is 12.5. The molecule has 0 amide bonds. The molecule has 2 nitrogen and oxygen atoms in total. The Hall–Kier alpha value is -2.00. The summed E-state index contributed by atoms with van der Waals surface area (Å²) in [5.74, 6) is 0.940. The minimum Gasteiger partial charge on any atom is -0.489 e. The quantitative estimate of drug-likeness (QED) is 0.394. The van der Waals surface area contributed by atoms with E-state index in [1.807, 2.05) is 6.07 Å². The third kappa shape index (κ3) is 3.57. The number of fused-ring (bicyclic) bond motifs is 1. The van der Waals surface area contributed by atoms with Gasteiger partial charge in [0.05, 0.1) is 0 Å². The maximum atomic E-state index is 6.04. The molecule has 144 valence electrons. The van der Waals surface area contributed by atoms with Gasteiger partial charge in [-0.2, -0.15) is 0 Å². The Morgan fingerprint density at radius 3 is 2.04 bits per heavy atom. The van der Waals surface area contributed by atoms with E-state index in [0.29, 0.717) is 23.2 Å². The fourth-order valence-corrected chi connectivity index (χ4v) is 11.7. The molecule has 1 heterocycles. The van der Waals surface area contributed by atoms with Crippen molar-refractivity contribution in [3.8, 4) is 5.75 Å². The molecule has 2 aromatic carbocycles. The van der Waals surface area contributed by atoms with Gasteiger partial charge in [0.15, 0.2) is 8.24 Å². The van der Waals surface area contributed by atoms with Crippen LogP contribution in [-0.2, 0) is 6.61 Å². The van der Waals surface area contributed by atoms with Crippen LogP contribution in [0.5, 0.6) is 5.75 Å². The second-order valence-corrected chi connectivity index (χ2v) is 14.3. The van der Waals surface area contributed by atoms with Gasteiger partial charge in [-0.15, -0.1) is 0 Å². The molecule has 0 bridgehead atoms. The molecule has 0 N–H and O–H groups in total. The van der Waals surface area contributed by atoms with Crippen molar-refractivity contribution in [1.82, 2.24) is 4.23 Å². The second-order valence-electron chi connectivity index (χ2n) is 8.53. The molecule has 0 unspecified atom stereocenters. The van der Waals surface area contributed by atoms with Crippen LogP contribution in [0, 0.1) is 0 Å². The minimum absolute atomic E-state index is 0.607. The highest BCUT2D eigenvalue weighted by Crippen LogP contribution is 2.44. The van der Waals surface area contributed by atoms with Crippen LogP contribution >= 0.6 is 0 Å². The summed E-state index contributed by atoms with van der Waals surface area (Å²) >= 11 is 0. The summed E-state index contributed by atoms with van der Waals surface area (Å²) in [6, 6.07) is 19.2. The maximum Gasteiger partial charge on any atom is 0.169 e. The summed E-state index contributed by atoms with van der Waals surface area (Å²) in [4.78, 5) is 0. The van der Waals surface area contributed by atoms with E-state index in [2.05, 4.69) is 101 Å². The minimum atomic E-state index is -1.73. The van der Waals surface area contributed by atoms with Crippen molar-refractivity contribution >= 4 is 19.1 Å². The Kier molecular flexibility index (Phi) is 5.80. The standard InChI is InChI=1S/C24H33NOSi/c1-18(2)27(19(3)4,20(5)6)25-15-14-22-16-23(12-13-24(22)25)26-17-21-10-8-7-9-11-21/h7-16,18-20H,17H2,1-6H3. The zero-order valence-corrected chi connectivity index (χ0v) is 18.6. The van der Waals surface area contributed by atoms with Crippen molar-refractivity contribution in [2.45, 2.75) is 64.8 Å². The predicted molar refractivity (Wildman–Crippen MR) is 119 cm³/mol. The summed E-state index contributed by atoms with van der Waals surface area (Å²) in [5.41, 5.74) is 4.59. The summed E-state index contributed by atoms with van der Waals surface area (Å²) < 4.78 is 8.70. The van der Waals surface area contributed by atoms with Crippen molar-refractivity contribution in [3.63, 3.8) is 0 Å². The van der Waals surface area contributed by atoms with Crippen LogP contribution in [-0.4, -0.2) is 12.5 Å². The monoisotopic (exact) mass is 379 g/mol. The fraction of sp³-hybridized carbons (Fsp3) is 0.417. The van der Waals surface area contributed by atoms with Gasteiger partial charge in [-0.3, -0.25) is 0 Å². The van der Waals surface area contributed by atoms with Gasteiger partial charge in [0.1, 0.15) is 12.4 Å². The van der Waals surface area contributed by atoms with Gasteiger partial charge in [0.25, 0.3) is 0 Å². The second kappa shape index (κ2) is 7.93. The van der Waals surface area contributed by atoms with E-state index in [1.165, 1.54) is 16.5 Å². The van der Waals surface area contributed by atoms with Gasteiger partial charge in [0.2, 0.25) is 0 Å². The Morgan fingerprint density at radius 1 is 0.815 bits per heavy atom. The van der Waals surface area contributed by atoms with Crippen LogP contribution < -0.4 is 4.74 Å². The third-order valence-corrected chi connectivity index (χ3v) is 12.9. The van der Waals surface area contributed by atoms with E-state index in [1.54, 1.807) is 0 Å². The summed E-state index contributed by atoms with van der Waals surface area (Å²) in [5, 5.41) is 1.28. The van der Waals surface area contributed by atoms with Crippen molar-refractivity contribution in [1.29, 1.82) is 0 Å². The van der Waals surface area contributed by atoms with E-state index in [9.17, 15) is 0 Å². The number of hydrogen-bond acceptors (Lipinski definition) is 1. The first-order valence-corrected chi connectivity index (χ1v) is 12.3. The molecule has 0 aliphatic carbocycles. The number of rotatable bonds is 7. The van der Waals surface area contributed by atoms with Gasteiger partial charge in [0, 0.05) is 10.9 Å². The van der Waals surface area contributed by atoms with Crippen LogP contribution in [0.4, 0.5) is 0 Å². The molecule has 3 heteroatoms. The number of benzene rings is 2. The van der Waals surface area contributed by atoms with Crippen molar-refractivity contribution in [2.75, 3.05) is 0 Å². The summed E-state index contributed by atoms with van der Waals surface area (Å²) in [6.45, 7) is 15.1. The summed E-state index contributed by atoms with van der Waals surface area (Å²) in [6.07, 6.45) is 2.33. The summed E-state index contributed by atoms with van der Waals surface area (Å²) in [7, 11) is -1.73. The van der Waals surface area contributed by atoms with Crippen molar-refractivity contribution < 1.29 is 4.74 Å². The maximum absolute atomic E-state index is 6.04. The molecule has 3 rings (SSSR count). The molecule has 1 aromatic heterocycles. The molecule has 3 aromatic rings. The molecule has 0 fully saturated rings. The van der Waals surface area contributed by atoms with Crippen molar-refractivity contribution in [3.05, 3.63) is 66.4 Å². The molecular weight excluding hydrogens is 346 g/mol. The Balaban J connectivity index is 1.95. The topological polar surface area (TPSA) is 14.2 Å². The number of nitrogens with zero attached hydrogens (tertiary/aromatic N) is 1. The van der Waals surface area contributed by atoms with Gasteiger partial charge in [-0.1, -0.05) is 71.9 Å². The molecule has 0 atom stereocenters. The predicted octanol–water partition coefficient (Wildman–Crippen LogP) is 7.24. The molecular formula is C24H33NOSi. The lowest BCUT2D eigenvalue weighted by Gasteiger charge is -2.44. The van der Waals surface area contributed by atoms with E-state index >= 15 is 0 Å². The first-order chi connectivity index (χ1) is 12.9. The average Bonchev–Trinajstić information content (AvgIpc) is 3.04. The zero-order valence-electron chi connectivity index (χ0n) is 17.6. The fourth-order valence-electron chi connectivity index (χ4n) is 5.12. The van der Waals surface area contributed by atoms with Crippen LogP contribution in [0.1, 0.15) is 47.1 Å². The van der Waals surface area contributed by atoms with Gasteiger partial charge >= 0.3 is 0 Å². The lowest BCUT2D eigenvalue weighted by molar-refractivity contribution is 0.306. The Labute approximate surface area is 165 Å². The lowest BCUT2D eigenvalue weighted by Crippen LogP contribution is -2.51. The number of aromatic nitrogens is 1. The highest BCUT2D eigenvalue weighted by molar-refractivity contribution is 6.82. The average molecular weight is 380 g/mol.